The lowest BCUT2D eigenvalue weighted by atomic mass is 10.2. The van der Waals surface area contributed by atoms with Gasteiger partial charge in [-0.3, -0.25) is 4.90 Å². The average Bonchev–Trinajstić information content (AvgIpc) is 2.48. The fraction of sp³-hybridized carbons (Fsp3) is 0.467. The van der Waals surface area contributed by atoms with Crippen LogP contribution in [0.5, 0.6) is 0 Å². The third-order valence-corrected chi connectivity index (χ3v) is 3.53. The number of carbonyl (C=O) groups is 2. The van der Waals surface area contributed by atoms with E-state index in [1.54, 1.807) is 0 Å². The SMILES string of the molecule is Cc1ccc(NC(=O)N2CCN(CCC=O)CC2)cc1. The summed E-state index contributed by atoms with van der Waals surface area (Å²) in [5.74, 6) is 0. The van der Waals surface area contributed by atoms with Crippen molar-refractivity contribution in [3.63, 3.8) is 0 Å². The van der Waals surface area contributed by atoms with E-state index in [-0.39, 0.29) is 6.03 Å². The first-order valence-corrected chi connectivity index (χ1v) is 6.97. The summed E-state index contributed by atoms with van der Waals surface area (Å²) in [7, 11) is 0. The van der Waals surface area contributed by atoms with Crippen LogP contribution in [0, 0.1) is 6.92 Å². The molecule has 20 heavy (non-hydrogen) atoms. The first-order chi connectivity index (χ1) is 9.69. The molecule has 108 valence electrons. The van der Waals surface area contributed by atoms with Gasteiger partial charge in [0.05, 0.1) is 0 Å². The summed E-state index contributed by atoms with van der Waals surface area (Å²) in [5, 5.41) is 2.91. The van der Waals surface area contributed by atoms with E-state index in [1.165, 1.54) is 5.56 Å². The monoisotopic (exact) mass is 275 g/mol. The van der Waals surface area contributed by atoms with Crippen molar-refractivity contribution in [3.8, 4) is 0 Å². The molecule has 0 atom stereocenters. The van der Waals surface area contributed by atoms with Crippen molar-refractivity contribution in [2.75, 3.05) is 38.0 Å². The molecule has 1 N–H and O–H groups in total. The van der Waals surface area contributed by atoms with Crippen molar-refractivity contribution < 1.29 is 9.59 Å². The molecule has 0 aliphatic carbocycles. The number of benzene rings is 1. The fourth-order valence-corrected chi connectivity index (χ4v) is 2.25. The van der Waals surface area contributed by atoms with Gasteiger partial charge in [-0.15, -0.1) is 0 Å². The highest BCUT2D eigenvalue weighted by molar-refractivity contribution is 5.89. The maximum Gasteiger partial charge on any atom is 0.321 e. The van der Waals surface area contributed by atoms with Gasteiger partial charge in [-0.2, -0.15) is 0 Å². The first-order valence-electron chi connectivity index (χ1n) is 6.97. The second-order valence-corrected chi connectivity index (χ2v) is 5.08. The molecule has 2 rings (SSSR count). The van der Waals surface area contributed by atoms with Gasteiger partial charge in [0.15, 0.2) is 0 Å². The second-order valence-electron chi connectivity index (χ2n) is 5.08. The Labute approximate surface area is 119 Å². The quantitative estimate of drug-likeness (QED) is 0.852. The zero-order valence-corrected chi connectivity index (χ0v) is 11.8. The van der Waals surface area contributed by atoms with E-state index in [1.807, 2.05) is 36.1 Å². The number of nitrogens with zero attached hydrogens (tertiary/aromatic N) is 2. The minimum absolute atomic E-state index is 0.0520. The zero-order valence-electron chi connectivity index (χ0n) is 11.8. The molecule has 0 bridgehead atoms. The maximum absolute atomic E-state index is 12.1. The Kier molecular flexibility index (Phi) is 5.12. The Morgan fingerprint density at radius 1 is 1.20 bits per heavy atom. The molecule has 5 heteroatoms. The molecular formula is C15H21N3O2. The summed E-state index contributed by atoms with van der Waals surface area (Å²) in [6.07, 6.45) is 1.51. The van der Waals surface area contributed by atoms with Gasteiger partial charge in [-0.05, 0) is 19.1 Å². The van der Waals surface area contributed by atoms with Crippen LogP contribution < -0.4 is 5.32 Å². The number of aldehydes is 1. The Bertz CT molecular complexity index is 451. The van der Waals surface area contributed by atoms with Gasteiger partial charge < -0.3 is 15.0 Å². The lowest BCUT2D eigenvalue weighted by Crippen LogP contribution is -2.50. The van der Waals surface area contributed by atoms with Gasteiger partial charge in [-0.25, -0.2) is 4.79 Å². The number of urea groups is 1. The molecule has 1 saturated heterocycles. The third-order valence-electron chi connectivity index (χ3n) is 3.53. The molecule has 1 heterocycles. The summed E-state index contributed by atoms with van der Waals surface area (Å²) >= 11 is 0. The molecule has 0 saturated carbocycles. The summed E-state index contributed by atoms with van der Waals surface area (Å²) in [6.45, 7) is 5.87. The Morgan fingerprint density at radius 3 is 2.45 bits per heavy atom. The van der Waals surface area contributed by atoms with Gasteiger partial charge in [0.25, 0.3) is 0 Å². The van der Waals surface area contributed by atoms with Crippen LogP contribution in [0.2, 0.25) is 0 Å². The largest absolute Gasteiger partial charge is 0.322 e. The van der Waals surface area contributed by atoms with Gasteiger partial charge in [0, 0.05) is 44.8 Å². The Balaban J connectivity index is 1.79. The standard InChI is InChI=1S/C15H21N3O2/c1-13-3-5-14(6-4-13)16-15(20)18-10-8-17(9-11-18)7-2-12-19/h3-6,12H,2,7-11H2,1H3,(H,16,20). The third kappa shape index (κ3) is 4.06. The number of rotatable bonds is 4. The molecular weight excluding hydrogens is 254 g/mol. The van der Waals surface area contributed by atoms with Crippen molar-refractivity contribution in [3.05, 3.63) is 29.8 Å². The van der Waals surface area contributed by atoms with E-state index in [9.17, 15) is 9.59 Å². The highest BCUT2D eigenvalue weighted by Crippen LogP contribution is 2.10. The predicted molar refractivity (Wildman–Crippen MR) is 78.9 cm³/mol. The second kappa shape index (κ2) is 7.05. The highest BCUT2D eigenvalue weighted by atomic mass is 16.2. The van der Waals surface area contributed by atoms with Crippen LogP contribution in [0.4, 0.5) is 10.5 Å². The molecule has 0 unspecified atom stereocenters. The number of hydrogen-bond donors (Lipinski definition) is 1. The van der Waals surface area contributed by atoms with E-state index in [2.05, 4.69) is 10.2 Å². The van der Waals surface area contributed by atoms with E-state index in [0.29, 0.717) is 19.5 Å². The molecule has 1 aliphatic rings. The summed E-state index contributed by atoms with van der Waals surface area (Å²) in [6, 6.07) is 7.73. The number of anilines is 1. The maximum atomic E-state index is 12.1. The minimum atomic E-state index is -0.0520. The molecule has 1 aliphatic heterocycles. The zero-order chi connectivity index (χ0) is 14.4. The number of carbonyl (C=O) groups excluding carboxylic acids is 2. The topological polar surface area (TPSA) is 52.7 Å². The van der Waals surface area contributed by atoms with Gasteiger partial charge in [0.1, 0.15) is 6.29 Å². The predicted octanol–water partition coefficient (Wildman–Crippen LogP) is 1.73. The van der Waals surface area contributed by atoms with Gasteiger partial charge >= 0.3 is 6.03 Å². The van der Waals surface area contributed by atoms with Crippen LogP contribution in [-0.2, 0) is 4.79 Å². The Hall–Kier alpha value is -1.88. The van der Waals surface area contributed by atoms with Crippen LogP contribution in [0.25, 0.3) is 0 Å². The Morgan fingerprint density at radius 2 is 1.85 bits per heavy atom. The number of aryl methyl sites for hydroxylation is 1. The molecule has 1 aromatic carbocycles. The van der Waals surface area contributed by atoms with E-state index in [0.717, 1.165) is 31.6 Å². The van der Waals surface area contributed by atoms with Crippen LogP contribution in [-0.4, -0.2) is 54.8 Å². The van der Waals surface area contributed by atoms with E-state index >= 15 is 0 Å². The van der Waals surface area contributed by atoms with Crippen molar-refractivity contribution in [2.24, 2.45) is 0 Å². The highest BCUT2D eigenvalue weighted by Gasteiger charge is 2.20. The summed E-state index contributed by atoms with van der Waals surface area (Å²) in [5.41, 5.74) is 2.00. The summed E-state index contributed by atoms with van der Waals surface area (Å²) < 4.78 is 0. The molecule has 1 aromatic rings. The average molecular weight is 275 g/mol. The van der Waals surface area contributed by atoms with Crippen molar-refractivity contribution in [1.82, 2.24) is 9.80 Å². The molecule has 1 fully saturated rings. The molecule has 5 nitrogen and oxygen atoms in total. The van der Waals surface area contributed by atoms with Crippen molar-refractivity contribution in [1.29, 1.82) is 0 Å². The molecule has 0 radical (unpaired) electrons. The van der Waals surface area contributed by atoms with E-state index in [4.69, 9.17) is 0 Å². The molecule has 0 aromatic heterocycles. The van der Waals surface area contributed by atoms with Crippen molar-refractivity contribution in [2.45, 2.75) is 13.3 Å². The number of hydrogen-bond acceptors (Lipinski definition) is 3. The van der Waals surface area contributed by atoms with Gasteiger partial charge in [-0.1, -0.05) is 17.7 Å². The van der Waals surface area contributed by atoms with Crippen LogP contribution in [0.3, 0.4) is 0 Å². The van der Waals surface area contributed by atoms with Crippen LogP contribution in [0.1, 0.15) is 12.0 Å². The normalized spacial score (nSPS) is 15.9. The first kappa shape index (κ1) is 14.5. The number of nitrogens with one attached hydrogen (secondary N) is 1. The molecule has 0 spiro atoms. The molecule has 2 amide bonds. The lowest BCUT2D eigenvalue weighted by molar-refractivity contribution is -0.108. The van der Waals surface area contributed by atoms with Gasteiger partial charge in [0.2, 0.25) is 0 Å². The van der Waals surface area contributed by atoms with E-state index < -0.39 is 0 Å². The lowest BCUT2D eigenvalue weighted by Gasteiger charge is -2.34. The van der Waals surface area contributed by atoms with Crippen LogP contribution >= 0.6 is 0 Å². The fourth-order valence-electron chi connectivity index (χ4n) is 2.25. The minimum Gasteiger partial charge on any atom is -0.322 e. The van der Waals surface area contributed by atoms with Crippen molar-refractivity contribution >= 4 is 18.0 Å². The smallest absolute Gasteiger partial charge is 0.321 e. The number of amides is 2. The number of piperazine rings is 1. The summed E-state index contributed by atoms with van der Waals surface area (Å²) in [4.78, 5) is 26.5. The van der Waals surface area contributed by atoms with Crippen LogP contribution in [0.15, 0.2) is 24.3 Å².